The van der Waals surface area contributed by atoms with Gasteiger partial charge in [-0.2, -0.15) is 0 Å². The van der Waals surface area contributed by atoms with Crippen molar-refractivity contribution in [3.63, 3.8) is 0 Å². The Labute approximate surface area is 121 Å². The Morgan fingerprint density at radius 2 is 1.89 bits per heavy atom. The minimum absolute atomic E-state index is 0.172. The van der Waals surface area contributed by atoms with Gasteiger partial charge in [0, 0.05) is 31.3 Å². The summed E-state index contributed by atoms with van der Waals surface area (Å²) in [7, 11) is 1.91. The summed E-state index contributed by atoms with van der Waals surface area (Å²) in [5.74, 6) is -0.172. The molecule has 0 saturated heterocycles. The van der Waals surface area contributed by atoms with Crippen molar-refractivity contribution in [2.45, 2.75) is 11.8 Å². The minimum Gasteiger partial charge on any atom is -0.372 e. The van der Waals surface area contributed by atoms with Gasteiger partial charge in [-0.25, -0.2) is 4.39 Å². The van der Waals surface area contributed by atoms with E-state index in [0.717, 1.165) is 18.5 Å². The van der Waals surface area contributed by atoms with E-state index in [1.165, 1.54) is 5.56 Å². The molecule has 2 nitrogen and oxygen atoms in total. The molecule has 100 valence electrons. The van der Waals surface area contributed by atoms with Crippen molar-refractivity contribution in [2.75, 3.05) is 18.5 Å². The summed E-state index contributed by atoms with van der Waals surface area (Å²) < 4.78 is 13.9. The van der Waals surface area contributed by atoms with E-state index in [-0.39, 0.29) is 5.82 Å². The average Bonchev–Trinajstić information content (AvgIpc) is 2.45. The number of rotatable bonds is 5. The molecule has 4 heteroatoms. The third kappa shape index (κ3) is 3.77. The van der Waals surface area contributed by atoms with Gasteiger partial charge in [0.2, 0.25) is 0 Å². The van der Waals surface area contributed by atoms with Crippen LogP contribution in [0, 0.1) is 5.82 Å². The lowest BCUT2D eigenvalue weighted by molar-refractivity contribution is 0.621. The average molecular weight is 323 g/mol. The molecule has 1 aromatic carbocycles. The van der Waals surface area contributed by atoms with Gasteiger partial charge in [-0.1, -0.05) is 22.0 Å². The van der Waals surface area contributed by atoms with Gasteiger partial charge in [0.15, 0.2) is 0 Å². The zero-order chi connectivity index (χ0) is 13.7. The van der Waals surface area contributed by atoms with E-state index >= 15 is 0 Å². The smallest absolute Gasteiger partial charge is 0.146 e. The fourth-order valence-electron chi connectivity index (χ4n) is 1.91. The van der Waals surface area contributed by atoms with Crippen LogP contribution in [0.25, 0.3) is 0 Å². The Kier molecular flexibility index (Phi) is 4.91. The molecule has 0 N–H and O–H groups in total. The van der Waals surface area contributed by atoms with Crippen molar-refractivity contribution in [1.29, 1.82) is 0 Å². The van der Waals surface area contributed by atoms with Gasteiger partial charge in [0.05, 0.1) is 5.69 Å². The molecule has 0 bridgehead atoms. The van der Waals surface area contributed by atoms with Crippen LogP contribution in [0.3, 0.4) is 0 Å². The molecule has 0 atom stereocenters. The second-order valence-corrected chi connectivity index (χ2v) is 5.01. The Morgan fingerprint density at radius 3 is 2.53 bits per heavy atom. The topological polar surface area (TPSA) is 16.1 Å². The largest absolute Gasteiger partial charge is 0.372 e. The zero-order valence-electron chi connectivity index (χ0n) is 10.8. The van der Waals surface area contributed by atoms with Crippen molar-refractivity contribution < 1.29 is 4.39 Å². The third-order valence-electron chi connectivity index (χ3n) is 3.06. The number of hydrogen-bond donors (Lipinski definition) is 0. The first-order valence-electron chi connectivity index (χ1n) is 6.15. The molecule has 19 heavy (non-hydrogen) atoms. The van der Waals surface area contributed by atoms with Crippen LogP contribution < -0.4 is 4.90 Å². The molecule has 2 aromatic rings. The van der Waals surface area contributed by atoms with Gasteiger partial charge in [-0.05, 0) is 41.8 Å². The quantitative estimate of drug-likeness (QED) is 0.778. The molecule has 0 unspecified atom stereocenters. The van der Waals surface area contributed by atoms with E-state index in [1.807, 2.05) is 36.2 Å². The lowest BCUT2D eigenvalue weighted by Crippen LogP contribution is -2.21. The Morgan fingerprint density at radius 1 is 1.16 bits per heavy atom. The molecule has 1 heterocycles. The van der Waals surface area contributed by atoms with Crippen LogP contribution in [0.4, 0.5) is 10.1 Å². The highest BCUT2D eigenvalue weighted by Gasteiger charge is 2.08. The molecule has 0 aliphatic rings. The maximum Gasteiger partial charge on any atom is 0.146 e. The first-order valence-corrected chi connectivity index (χ1v) is 7.27. The standard InChI is InChI=1S/C15H16BrFN2/c1-19(9-6-12-4-7-18-8-5-12)15-3-2-13(11-16)10-14(15)17/h2-5,7-8,10H,6,9,11H2,1H3. The number of alkyl halides is 1. The van der Waals surface area contributed by atoms with Gasteiger partial charge >= 0.3 is 0 Å². The fraction of sp³-hybridized carbons (Fsp3) is 0.267. The van der Waals surface area contributed by atoms with E-state index in [0.29, 0.717) is 11.0 Å². The highest BCUT2D eigenvalue weighted by atomic mass is 79.9. The minimum atomic E-state index is -0.172. The number of nitrogens with zero attached hydrogens (tertiary/aromatic N) is 2. The SMILES string of the molecule is CN(CCc1ccncc1)c1ccc(CBr)cc1F. The van der Waals surface area contributed by atoms with Gasteiger partial charge < -0.3 is 4.90 Å². The molecule has 1 aromatic heterocycles. The normalized spacial score (nSPS) is 10.5. The van der Waals surface area contributed by atoms with Crippen molar-refractivity contribution in [3.05, 3.63) is 59.7 Å². The van der Waals surface area contributed by atoms with Crippen molar-refractivity contribution in [2.24, 2.45) is 0 Å². The lowest BCUT2D eigenvalue weighted by atomic mass is 10.1. The molecular weight excluding hydrogens is 307 g/mol. The third-order valence-corrected chi connectivity index (χ3v) is 3.71. The first kappa shape index (κ1) is 14.0. The van der Waals surface area contributed by atoms with Crippen LogP contribution in [0.15, 0.2) is 42.7 Å². The molecule has 0 aliphatic carbocycles. The van der Waals surface area contributed by atoms with Crippen LogP contribution in [-0.2, 0) is 11.8 Å². The van der Waals surface area contributed by atoms with Gasteiger partial charge in [-0.3, -0.25) is 4.98 Å². The number of aromatic nitrogens is 1. The summed E-state index contributed by atoms with van der Waals surface area (Å²) in [6.07, 6.45) is 4.43. The molecular formula is C15H16BrFN2. The Hall–Kier alpha value is -1.42. The van der Waals surface area contributed by atoms with Gasteiger partial charge in [0.25, 0.3) is 0 Å². The van der Waals surface area contributed by atoms with Crippen LogP contribution in [-0.4, -0.2) is 18.6 Å². The molecule has 2 rings (SSSR count). The molecule has 0 aliphatic heterocycles. The number of pyridine rings is 1. The highest BCUT2D eigenvalue weighted by Crippen LogP contribution is 2.20. The van der Waals surface area contributed by atoms with Crippen LogP contribution in [0.1, 0.15) is 11.1 Å². The van der Waals surface area contributed by atoms with Crippen molar-refractivity contribution in [1.82, 2.24) is 4.98 Å². The van der Waals surface area contributed by atoms with E-state index in [4.69, 9.17) is 0 Å². The zero-order valence-corrected chi connectivity index (χ0v) is 12.4. The van der Waals surface area contributed by atoms with Crippen molar-refractivity contribution in [3.8, 4) is 0 Å². The highest BCUT2D eigenvalue weighted by molar-refractivity contribution is 9.08. The second-order valence-electron chi connectivity index (χ2n) is 4.45. The predicted molar refractivity (Wildman–Crippen MR) is 80.2 cm³/mol. The predicted octanol–water partition coefficient (Wildman–Crippen LogP) is 3.79. The number of anilines is 1. The van der Waals surface area contributed by atoms with E-state index in [1.54, 1.807) is 18.5 Å². The summed E-state index contributed by atoms with van der Waals surface area (Å²) in [5.41, 5.74) is 2.79. The summed E-state index contributed by atoms with van der Waals surface area (Å²) in [4.78, 5) is 5.92. The second kappa shape index (κ2) is 6.66. The molecule has 0 spiro atoms. The van der Waals surface area contributed by atoms with E-state index in [2.05, 4.69) is 20.9 Å². The van der Waals surface area contributed by atoms with E-state index in [9.17, 15) is 4.39 Å². The number of halogens is 2. The molecule has 0 saturated carbocycles. The first-order chi connectivity index (χ1) is 9.20. The number of benzene rings is 1. The molecule has 0 amide bonds. The maximum atomic E-state index is 13.9. The van der Waals surface area contributed by atoms with Gasteiger partial charge in [0.1, 0.15) is 5.82 Å². The Bertz CT molecular complexity index is 531. The molecule has 0 radical (unpaired) electrons. The Balaban J connectivity index is 2.02. The summed E-state index contributed by atoms with van der Waals surface area (Å²) in [6, 6.07) is 9.32. The number of likely N-dealkylation sites (N-methyl/N-ethyl adjacent to an activating group) is 1. The molecule has 0 fully saturated rings. The van der Waals surface area contributed by atoms with Crippen LogP contribution in [0.2, 0.25) is 0 Å². The van der Waals surface area contributed by atoms with Crippen LogP contribution in [0.5, 0.6) is 0 Å². The monoisotopic (exact) mass is 322 g/mol. The van der Waals surface area contributed by atoms with Crippen molar-refractivity contribution >= 4 is 21.6 Å². The van der Waals surface area contributed by atoms with Gasteiger partial charge in [-0.15, -0.1) is 0 Å². The number of hydrogen-bond acceptors (Lipinski definition) is 2. The van der Waals surface area contributed by atoms with Crippen LogP contribution >= 0.6 is 15.9 Å². The lowest BCUT2D eigenvalue weighted by Gasteiger charge is -2.20. The summed E-state index contributed by atoms with van der Waals surface area (Å²) in [6.45, 7) is 0.772. The summed E-state index contributed by atoms with van der Waals surface area (Å²) in [5, 5.41) is 0.672. The van der Waals surface area contributed by atoms with E-state index < -0.39 is 0 Å². The summed E-state index contributed by atoms with van der Waals surface area (Å²) >= 11 is 3.33. The maximum absolute atomic E-state index is 13.9. The fourth-order valence-corrected chi connectivity index (χ4v) is 2.26.